The van der Waals surface area contributed by atoms with Gasteiger partial charge in [0.25, 0.3) is 0 Å². The van der Waals surface area contributed by atoms with E-state index < -0.39 is 0 Å². The largest absolute Gasteiger partial charge is 0.311 e. The minimum Gasteiger partial charge on any atom is -0.311 e. The molecule has 3 heteroatoms. The number of hydrogen-bond acceptors (Lipinski definition) is 2. The Morgan fingerprint density at radius 2 is 1.90 bits per heavy atom. The smallest absolute Gasteiger partial charge is 0.0453 e. The first-order valence-corrected chi connectivity index (χ1v) is 8.72. The van der Waals surface area contributed by atoms with E-state index in [-0.39, 0.29) is 0 Å². The van der Waals surface area contributed by atoms with E-state index in [1.807, 2.05) is 12.1 Å². The molecule has 3 unspecified atom stereocenters. The average Bonchev–Trinajstić information content (AvgIpc) is 2.83. The maximum Gasteiger partial charge on any atom is 0.0453 e. The predicted molar refractivity (Wildman–Crippen MR) is 89.8 cm³/mol. The molecule has 2 saturated heterocycles. The van der Waals surface area contributed by atoms with Crippen LogP contribution in [0.2, 0.25) is 5.02 Å². The van der Waals surface area contributed by atoms with Crippen LogP contribution in [0.1, 0.15) is 50.6 Å². The van der Waals surface area contributed by atoms with Crippen molar-refractivity contribution in [3.63, 3.8) is 0 Å². The van der Waals surface area contributed by atoms with Crippen molar-refractivity contribution in [3.05, 3.63) is 34.9 Å². The fraction of sp³-hybridized carbons (Fsp3) is 0.667. The summed E-state index contributed by atoms with van der Waals surface area (Å²) in [5.74, 6) is 0.907. The van der Waals surface area contributed by atoms with Crippen LogP contribution in [-0.4, -0.2) is 30.6 Å². The summed E-state index contributed by atoms with van der Waals surface area (Å²) >= 11 is 6.32. The van der Waals surface area contributed by atoms with Crippen LogP contribution in [0.3, 0.4) is 0 Å². The van der Waals surface area contributed by atoms with Gasteiger partial charge in [0.15, 0.2) is 0 Å². The number of benzene rings is 1. The van der Waals surface area contributed by atoms with Crippen LogP contribution in [0.5, 0.6) is 0 Å². The molecule has 0 saturated carbocycles. The van der Waals surface area contributed by atoms with E-state index in [2.05, 4.69) is 36.3 Å². The standard InChI is InChI=1S/C18H27ClN2/c1-13(17-5-3-4-6-18(17)19)21(2)10-9-14-11-15-7-8-16(12-14)20-15/h3-6,13-16,20H,7-12H2,1-2H3. The maximum atomic E-state index is 6.32. The van der Waals surface area contributed by atoms with Gasteiger partial charge in [-0.05, 0) is 70.2 Å². The second kappa shape index (κ2) is 6.68. The van der Waals surface area contributed by atoms with Crippen LogP contribution in [0, 0.1) is 5.92 Å². The average molecular weight is 307 g/mol. The van der Waals surface area contributed by atoms with E-state index in [1.54, 1.807) is 0 Å². The van der Waals surface area contributed by atoms with Gasteiger partial charge < -0.3 is 5.32 Å². The van der Waals surface area contributed by atoms with Crippen molar-refractivity contribution in [2.24, 2.45) is 5.92 Å². The zero-order valence-electron chi connectivity index (χ0n) is 13.2. The van der Waals surface area contributed by atoms with Crippen molar-refractivity contribution in [2.45, 2.75) is 57.2 Å². The summed E-state index contributed by atoms with van der Waals surface area (Å²) < 4.78 is 0. The zero-order chi connectivity index (χ0) is 14.8. The molecular weight excluding hydrogens is 280 g/mol. The van der Waals surface area contributed by atoms with Crippen molar-refractivity contribution in [3.8, 4) is 0 Å². The number of halogens is 1. The Morgan fingerprint density at radius 1 is 1.24 bits per heavy atom. The van der Waals surface area contributed by atoms with Crippen molar-refractivity contribution >= 4 is 11.6 Å². The second-order valence-electron chi connectivity index (χ2n) is 6.94. The number of piperidine rings is 1. The normalized spacial score (nSPS) is 29.8. The Morgan fingerprint density at radius 3 is 2.57 bits per heavy atom. The van der Waals surface area contributed by atoms with E-state index >= 15 is 0 Å². The minimum atomic E-state index is 0.386. The van der Waals surface area contributed by atoms with Crippen LogP contribution < -0.4 is 5.32 Å². The van der Waals surface area contributed by atoms with E-state index in [1.165, 1.54) is 37.7 Å². The summed E-state index contributed by atoms with van der Waals surface area (Å²) in [5, 5.41) is 4.62. The van der Waals surface area contributed by atoms with Gasteiger partial charge in [0.05, 0.1) is 0 Å². The minimum absolute atomic E-state index is 0.386. The van der Waals surface area contributed by atoms with Crippen LogP contribution in [0.4, 0.5) is 0 Å². The fourth-order valence-corrected chi connectivity index (χ4v) is 4.34. The first-order valence-electron chi connectivity index (χ1n) is 8.34. The summed E-state index contributed by atoms with van der Waals surface area (Å²) in [6.07, 6.45) is 6.87. The Kier molecular flexibility index (Phi) is 4.88. The second-order valence-corrected chi connectivity index (χ2v) is 7.35. The first kappa shape index (κ1) is 15.3. The van der Waals surface area contributed by atoms with Crippen LogP contribution in [0.15, 0.2) is 24.3 Å². The highest BCUT2D eigenvalue weighted by Crippen LogP contribution is 2.33. The molecule has 0 amide bonds. The van der Waals surface area contributed by atoms with E-state index in [0.717, 1.165) is 29.6 Å². The van der Waals surface area contributed by atoms with E-state index in [0.29, 0.717) is 6.04 Å². The van der Waals surface area contributed by atoms with Crippen molar-refractivity contribution in [1.82, 2.24) is 10.2 Å². The van der Waals surface area contributed by atoms with Gasteiger partial charge in [-0.25, -0.2) is 0 Å². The number of fused-ring (bicyclic) bond motifs is 2. The summed E-state index contributed by atoms with van der Waals surface area (Å²) in [6.45, 7) is 3.42. The molecule has 1 N–H and O–H groups in total. The van der Waals surface area contributed by atoms with Crippen molar-refractivity contribution in [2.75, 3.05) is 13.6 Å². The summed E-state index contributed by atoms with van der Waals surface area (Å²) in [5.41, 5.74) is 1.24. The molecule has 3 rings (SSSR count). The van der Waals surface area contributed by atoms with Gasteiger partial charge in [0.1, 0.15) is 0 Å². The van der Waals surface area contributed by atoms with E-state index in [4.69, 9.17) is 11.6 Å². The van der Waals surface area contributed by atoms with Crippen molar-refractivity contribution < 1.29 is 0 Å². The molecule has 2 heterocycles. The molecule has 2 nitrogen and oxygen atoms in total. The Labute approximate surface area is 133 Å². The number of hydrogen-bond donors (Lipinski definition) is 1. The van der Waals surface area contributed by atoms with Crippen LogP contribution >= 0.6 is 11.6 Å². The molecule has 0 aromatic heterocycles. The van der Waals surface area contributed by atoms with Gasteiger partial charge in [0, 0.05) is 23.1 Å². The van der Waals surface area contributed by atoms with Gasteiger partial charge >= 0.3 is 0 Å². The molecule has 2 aliphatic heterocycles. The zero-order valence-corrected chi connectivity index (χ0v) is 13.9. The monoisotopic (exact) mass is 306 g/mol. The van der Waals surface area contributed by atoms with Crippen molar-refractivity contribution in [1.29, 1.82) is 0 Å². The topological polar surface area (TPSA) is 15.3 Å². The molecule has 0 spiro atoms. The molecule has 2 aliphatic rings. The third-order valence-electron chi connectivity index (χ3n) is 5.48. The summed E-state index contributed by atoms with van der Waals surface area (Å²) in [7, 11) is 2.23. The van der Waals surface area contributed by atoms with Gasteiger partial charge in [-0.3, -0.25) is 4.90 Å². The maximum absolute atomic E-state index is 6.32. The lowest BCUT2D eigenvalue weighted by atomic mass is 9.89. The van der Waals surface area contributed by atoms with Gasteiger partial charge in [0.2, 0.25) is 0 Å². The van der Waals surface area contributed by atoms with Gasteiger partial charge in [-0.15, -0.1) is 0 Å². The molecule has 3 atom stereocenters. The molecule has 1 aromatic carbocycles. The molecule has 1 aromatic rings. The SMILES string of the molecule is CC(c1ccccc1Cl)N(C)CCC1CC2CCC(C1)N2. The first-order chi connectivity index (χ1) is 10.1. The highest BCUT2D eigenvalue weighted by Gasteiger charge is 2.33. The Hall–Kier alpha value is -0.570. The Bertz CT molecular complexity index is 464. The lowest BCUT2D eigenvalue weighted by Gasteiger charge is -2.32. The van der Waals surface area contributed by atoms with Crippen LogP contribution in [0.25, 0.3) is 0 Å². The van der Waals surface area contributed by atoms with Gasteiger partial charge in [-0.2, -0.15) is 0 Å². The number of nitrogens with one attached hydrogen (secondary N) is 1. The third kappa shape index (κ3) is 3.61. The molecule has 116 valence electrons. The molecule has 0 radical (unpaired) electrons. The fourth-order valence-electron chi connectivity index (χ4n) is 4.04. The molecule has 2 bridgehead atoms. The molecule has 21 heavy (non-hydrogen) atoms. The summed E-state index contributed by atoms with van der Waals surface area (Å²) in [4.78, 5) is 2.45. The van der Waals surface area contributed by atoms with Gasteiger partial charge in [-0.1, -0.05) is 29.8 Å². The third-order valence-corrected chi connectivity index (χ3v) is 5.82. The molecule has 2 fully saturated rings. The van der Waals surface area contributed by atoms with Crippen LogP contribution in [-0.2, 0) is 0 Å². The quantitative estimate of drug-likeness (QED) is 0.874. The molecular formula is C18H27ClN2. The Balaban J connectivity index is 1.52. The lowest BCUT2D eigenvalue weighted by Crippen LogP contribution is -2.39. The lowest BCUT2D eigenvalue weighted by molar-refractivity contribution is 0.211. The predicted octanol–water partition coefficient (Wildman–Crippen LogP) is 4.25. The molecule has 0 aliphatic carbocycles. The number of nitrogens with zero attached hydrogens (tertiary/aromatic N) is 1. The van der Waals surface area contributed by atoms with E-state index in [9.17, 15) is 0 Å². The highest BCUT2D eigenvalue weighted by molar-refractivity contribution is 6.31. The highest BCUT2D eigenvalue weighted by atomic mass is 35.5. The number of rotatable bonds is 5. The summed E-state index contributed by atoms with van der Waals surface area (Å²) in [6, 6.07) is 10.2.